The minimum Gasteiger partial charge on any atom is -0.240 e. The number of thiazole rings is 1. The molecule has 5 nitrogen and oxygen atoms in total. The summed E-state index contributed by atoms with van der Waals surface area (Å²) in [5.41, 5.74) is 5.29. The summed E-state index contributed by atoms with van der Waals surface area (Å²) in [5, 5.41) is 15.8. The number of hydrogen-bond donors (Lipinski definition) is 0. The first-order valence-corrected chi connectivity index (χ1v) is 10.4. The van der Waals surface area contributed by atoms with E-state index in [2.05, 4.69) is 16.3 Å². The van der Waals surface area contributed by atoms with Crippen molar-refractivity contribution in [1.29, 1.82) is 0 Å². The molecule has 3 heterocycles. The fourth-order valence-corrected chi connectivity index (χ4v) is 4.51. The Morgan fingerprint density at radius 1 is 0.700 bits per heavy atom. The number of fused-ring (bicyclic) bond motifs is 2. The fraction of sp³-hybridized carbons (Fsp3) is 0. The van der Waals surface area contributed by atoms with Crippen molar-refractivity contribution in [2.24, 2.45) is 0 Å². The number of aromatic nitrogens is 5. The van der Waals surface area contributed by atoms with E-state index in [1.54, 1.807) is 11.3 Å². The second-order valence-corrected chi connectivity index (χ2v) is 7.95. The Hall–Kier alpha value is -3.90. The molecule has 0 radical (unpaired) electrons. The molecule has 30 heavy (non-hydrogen) atoms. The Morgan fingerprint density at radius 3 is 2.20 bits per heavy atom. The largest absolute Gasteiger partial charge is 0.240 e. The number of benzene rings is 3. The van der Waals surface area contributed by atoms with Gasteiger partial charge in [0.1, 0.15) is 21.9 Å². The van der Waals surface area contributed by atoms with Crippen LogP contribution in [-0.4, -0.2) is 25.0 Å². The van der Waals surface area contributed by atoms with Gasteiger partial charge in [-0.2, -0.15) is 5.10 Å². The molecule has 6 aromatic rings. The first-order chi connectivity index (χ1) is 14.9. The Bertz CT molecular complexity index is 1450. The molecule has 3 aromatic heterocycles. The van der Waals surface area contributed by atoms with Crippen LogP contribution in [0.5, 0.6) is 0 Å². The second-order valence-electron chi connectivity index (χ2n) is 6.92. The molecule has 0 saturated heterocycles. The van der Waals surface area contributed by atoms with Crippen LogP contribution in [0.25, 0.3) is 48.8 Å². The van der Waals surface area contributed by atoms with E-state index in [0.29, 0.717) is 5.69 Å². The highest BCUT2D eigenvalue weighted by molar-refractivity contribution is 7.21. The topological polar surface area (TPSA) is 56.5 Å². The Labute approximate surface area is 176 Å². The molecule has 3 aromatic carbocycles. The zero-order chi connectivity index (χ0) is 19.9. The average molecular weight is 405 g/mol. The highest BCUT2D eigenvalue weighted by Crippen LogP contribution is 2.35. The number of rotatable bonds is 3. The summed E-state index contributed by atoms with van der Waals surface area (Å²) in [6, 6.07) is 28.3. The van der Waals surface area contributed by atoms with Crippen LogP contribution in [0.4, 0.5) is 0 Å². The molecule has 0 aliphatic carbocycles. The molecule has 0 unspecified atom stereocenters. The predicted octanol–water partition coefficient (Wildman–Crippen LogP) is 5.76. The van der Waals surface area contributed by atoms with Crippen molar-refractivity contribution in [2.45, 2.75) is 0 Å². The minimum atomic E-state index is 0.709. The molecule has 0 fully saturated rings. The lowest BCUT2D eigenvalue weighted by Gasteiger charge is -2.03. The summed E-state index contributed by atoms with van der Waals surface area (Å²) >= 11 is 1.61. The SMILES string of the molecule is c1ccc(-c2nnc(-c3nc4ccccc4s3)c3nn(-c4ccccc4)cc23)cc1. The molecule has 0 aliphatic rings. The van der Waals surface area contributed by atoms with Gasteiger partial charge in [-0.1, -0.05) is 60.7 Å². The highest BCUT2D eigenvalue weighted by Gasteiger charge is 2.19. The van der Waals surface area contributed by atoms with Gasteiger partial charge in [-0.3, -0.25) is 0 Å². The van der Waals surface area contributed by atoms with E-state index in [-0.39, 0.29) is 0 Å². The lowest BCUT2D eigenvalue weighted by molar-refractivity contribution is 0.895. The zero-order valence-corrected chi connectivity index (χ0v) is 16.6. The van der Waals surface area contributed by atoms with Crippen LogP contribution in [0.15, 0.2) is 91.1 Å². The number of nitrogens with zero attached hydrogens (tertiary/aromatic N) is 5. The first kappa shape index (κ1) is 17.0. The molecular weight excluding hydrogens is 390 g/mol. The van der Waals surface area contributed by atoms with Gasteiger partial charge in [0.05, 0.1) is 21.3 Å². The Morgan fingerprint density at radius 2 is 1.40 bits per heavy atom. The van der Waals surface area contributed by atoms with E-state index in [9.17, 15) is 0 Å². The maximum atomic E-state index is 4.90. The summed E-state index contributed by atoms with van der Waals surface area (Å²) in [6.07, 6.45) is 2.03. The van der Waals surface area contributed by atoms with Crippen LogP contribution in [0.3, 0.4) is 0 Å². The molecular formula is C24H15N5S. The maximum absolute atomic E-state index is 4.90. The van der Waals surface area contributed by atoms with Crippen LogP contribution in [0, 0.1) is 0 Å². The quantitative estimate of drug-likeness (QED) is 0.376. The van der Waals surface area contributed by atoms with Gasteiger partial charge in [-0.15, -0.1) is 21.5 Å². The molecule has 0 spiro atoms. The molecule has 6 rings (SSSR count). The van der Waals surface area contributed by atoms with Gasteiger partial charge in [-0.05, 0) is 24.3 Å². The predicted molar refractivity (Wildman–Crippen MR) is 121 cm³/mol. The molecule has 0 aliphatic heterocycles. The van der Waals surface area contributed by atoms with E-state index in [1.165, 1.54) is 0 Å². The minimum absolute atomic E-state index is 0.709. The normalized spacial score (nSPS) is 11.3. The highest BCUT2D eigenvalue weighted by atomic mass is 32.1. The van der Waals surface area contributed by atoms with Gasteiger partial charge in [0.2, 0.25) is 0 Å². The second kappa shape index (κ2) is 6.86. The van der Waals surface area contributed by atoms with Gasteiger partial charge in [0.15, 0.2) is 0 Å². The Balaban J connectivity index is 1.63. The number of para-hydroxylation sites is 2. The zero-order valence-electron chi connectivity index (χ0n) is 15.8. The Kier molecular flexibility index (Phi) is 3.89. The average Bonchev–Trinajstić information content (AvgIpc) is 3.44. The monoisotopic (exact) mass is 405 g/mol. The molecule has 0 atom stereocenters. The van der Waals surface area contributed by atoms with Crippen LogP contribution < -0.4 is 0 Å². The van der Waals surface area contributed by atoms with Gasteiger partial charge in [-0.25, -0.2) is 9.67 Å². The van der Waals surface area contributed by atoms with Crippen LogP contribution >= 0.6 is 11.3 Å². The van der Waals surface area contributed by atoms with Crippen LogP contribution in [0.2, 0.25) is 0 Å². The van der Waals surface area contributed by atoms with Gasteiger partial charge >= 0.3 is 0 Å². The summed E-state index contributed by atoms with van der Waals surface area (Å²) < 4.78 is 3.01. The lowest BCUT2D eigenvalue weighted by Crippen LogP contribution is -1.95. The van der Waals surface area contributed by atoms with Crippen molar-refractivity contribution >= 4 is 32.5 Å². The molecule has 6 heteroatoms. The summed E-state index contributed by atoms with van der Waals surface area (Å²) in [7, 11) is 0. The van der Waals surface area contributed by atoms with Crippen molar-refractivity contribution in [3.8, 4) is 27.6 Å². The summed E-state index contributed by atoms with van der Waals surface area (Å²) in [6.45, 7) is 0. The molecule has 0 saturated carbocycles. The molecule has 0 bridgehead atoms. The fourth-order valence-electron chi connectivity index (χ4n) is 3.56. The van der Waals surface area contributed by atoms with E-state index in [0.717, 1.165) is 43.1 Å². The smallest absolute Gasteiger partial charge is 0.150 e. The van der Waals surface area contributed by atoms with E-state index in [4.69, 9.17) is 10.1 Å². The first-order valence-electron chi connectivity index (χ1n) is 9.60. The van der Waals surface area contributed by atoms with Crippen LogP contribution in [-0.2, 0) is 0 Å². The van der Waals surface area contributed by atoms with Crippen molar-refractivity contribution in [2.75, 3.05) is 0 Å². The van der Waals surface area contributed by atoms with E-state index in [1.807, 2.05) is 89.7 Å². The van der Waals surface area contributed by atoms with E-state index >= 15 is 0 Å². The third kappa shape index (κ3) is 2.77. The van der Waals surface area contributed by atoms with Crippen molar-refractivity contribution in [1.82, 2.24) is 25.0 Å². The van der Waals surface area contributed by atoms with Crippen molar-refractivity contribution < 1.29 is 0 Å². The van der Waals surface area contributed by atoms with Crippen molar-refractivity contribution in [3.63, 3.8) is 0 Å². The number of hydrogen-bond acceptors (Lipinski definition) is 5. The molecule has 0 amide bonds. The standard InChI is InChI=1S/C24H15N5S/c1-3-9-16(10-4-1)21-18-15-29(17-11-5-2-6-12-17)28-22(18)23(27-26-21)24-25-19-13-7-8-14-20(19)30-24/h1-15H. The van der Waals surface area contributed by atoms with E-state index < -0.39 is 0 Å². The summed E-state index contributed by atoms with van der Waals surface area (Å²) in [5.74, 6) is 0. The lowest BCUT2D eigenvalue weighted by atomic mass is 10.1. The third-order valence-corrected chi connectivity index (χ3v) is 6.05. The van der Waals surface area contributed by atoms with Crippen LogP contribution in [0.1, 0.15) is 0 Å². The molecule has 142 valence electrons. The maximum Gasteiger partial charge on any atom is 0.150 e. The summed E-state index contributed by atoms with van der Waals surface area (Å²) in [4.78, 5) is 4.78. The van der Waals surface area contributed by atoms with Crippen molar-refractivity contribution in [3.05, 3.63) is 91.1 Å². The molecule has 0 N–H and O–H groups in total. The van der Waals surface area contributed by atoms with Gasteiger partial charge in [0.25, 0.3) is 0 Å². The van der Waals surface area contributed by atoms with Gasteiger partial charge in [0, 0.05) is 11.8 Å². The third-order valence-electron chi connectivity index (χ3n) is 5.01. The van der Waals surface area contributed by atoms with Gasteiger partial charge < -0.3 is 0 Å².